The van der Waals surface area contributed by atoms with Crippen molar-refractivity contribution in [3.05, 3.63) is 29.6 Å². The Balaban J connectivity index is 2.46. The molecular formula is C14H20N2. The van der Waals surface area contributed by atoms with Crippen LogP contribution in [-0.2, 0) is 0 Å². The smallest absolute Gasteiger partial charge is 0.140 e. The van der Waals surface area contributed by atoms with Gasteiger partial charge < -0.3 is 0 Å². The zero-order valence-electron chi connectivity index (χ0n) is 10.2. The van der Waals surface area contributed by atoms with E-state index in [0.29, 0.717) is 11.6 Å². The number of unbranched alkanes of at least 4 members (excludes halogenated alkanes) is 3. The summed E-state index contributed by atoms with van der Waals surface area (Å²) in [4.78, 5) is 4.33. The highest BCUT2D eigenvalue weighted by atomic mass is 14.7. The molecule has 2 nitrogen and oxygen atoms in total. The van der Waals surface area contributed by atoms with Gasteiger partial charge in [-0.05, 0) is 24.5 Å². The third kappa shape index (κ3) is 4.02. The van der Waals surface area contributed by atoms with Crippen molar-refractivity contribution in [1.82, 2.24) is 4.98 Å². The number of nitrogens with zero attached hydrogens (tertiary/aromatic N) is 2. The number of rotatable bonds is 6. The van der Waals surface area contributed by atoms with Gasteiger partial charge in [0.05, 0.1) is 0 Å². The molecule has 0 aliphatic rings. The second-order valence-corrected chi connectivity index (χ2v) is 4.31. The van der Waals surface area contributed by atoms with E-state index in [2.05, 4.69) is 24.9 Å². The molecule has 2 heteroatoms. The van der Waals surface area contributed by atoms with Crippen LogP contribution < -0.4 is 0 Å². The fourth-order valence-corrected chi connectivity index (χ4v) is 1.81. The van der Waals surface area contributed by atoms with Gasteiger partial charge in [-0.3, -0.25) is 0 Å². The lowest BCUT2D eigenvalue weighted by Crippen LogP contribution is -1.98. The monoisotopic (exact) mass is 216 g/mol. The highest BCUT2D eigenvalue weighted by Crippen LogP contribution is 2.20. The van der Waals surface area contributed by atoms with Crippen LogP contribution in [0, 0.1) is 11.3 Å². The highest BCUT2D eigenvalue weighted by Gasteiger charge is 2.07. The number of hydrogen-bond acceptors (Lipinski definition) is 2. The summed E-state index contributed by atoms with van der Waals surface area (Å²) in [6.07, 6.45) is 6.32. The van der Waals surface area contributed by atoms with Crippen molar-refractivity contribution in [3.8, 4) is 6.07 Å². The normalized spacial score (nSPS) is 12.1. The molecule has 0 aromatic carbocycles. The van der Waals surface area contributed by atoms with E-state index in [4.69, 9.17) is 5.26 Å². The Kier molecular flexibility index (Phi) is 5.56. The lowest BCUT2D eigenvalue weighted by molar-refractivity contribution is 0.571. The average molecular weight is 216 g/mol. The van der Waals surface area contributed by atoms with Crippen molar-refractivity contribution in [1.29, 1.82) is 5.26 Å². The molecule has 1 aromatic heterocycles. The molecule has 1 unspecified atom stereocenters. The molecule has 0 saturated carbocycles. The van der Waals surface area contributed by atoms with Crippen molar-refractivity contribution < 1.29 is 0 Å². The number of aromatic nitrogens is 1. The molecule has 1 rings (SSSR count). The lowest BCUT2D eigenvalue weighted by atomic mass is 9.99. The van der Waals surface area contributed by atoms with Crippen molar-refractivity contribution in [2.75, 3.05) is 0 Å². The fraction of sp³-hybridized carbons (Fsp3) is 0.571. The van der Waals surface area contributed by atoms with Crippen LogP contribution in [0.1, 0.15) is 63.3 Å². The second kappa shape index (κ2) is 7.00. The first-order chi connectivity index (χ1) is 7.77. The highest BCUT2D eigenvalue weighted by molar-refractivity contribution is 5.23. The zero-order chi connectivity index (χ0) is 11.8. The molecule has 1 aromatic rings. The third-order valence-corrected chi connectivity index (χ3v) is 2.88. The molecule has 16 heavy (non-hydrogen) atoms. The predicted molar refractivity (Wildman–Crippen MR) is 66.1 cm³/mol. The van der Waals surface area contributed by atoms with E-state index in [0.717, 1.165) is 5.69 Å². The molecule has 0 bridgehead atoms. The minimum Gasteiger partial charge on any atom is -0.242 e. The van der Waals surface area contributed by atoms with Crippen molar-refractivity contribution in [3.63, 3.8) is 0 Å². The van der Waals surface area contributed by atoms with Gasteiger partial charge in [0.15, 0.2) is 0 Å². The van der Waals surface area contributed by atoms with Gasteiger partial charge in [-0.1, -0.05) is 45.6 Å². The van der Waals surface area contributed by atoms with Crippen molar-refractivity contribution in [2.24, 2.45) is 0 Å². The summed E-state index contributed by atoms with van der Waals surface area (Å²) >= 11 is 0. The SMILES string of the molecule is CCCCCCC(C)c1cccc(C#N)n1. The maximum Gasteiger partial charge on any atom is 0.140 e. The van der Waals surface area contributed by atoms with Gasteiger partial charge in [-0.15, -0.1) is 0 Å². The van der Waals surface area contributed by atoms with Gasteiger partial charge in [-0.25, -0.2) is 4.98 Å². The molecule has 1 heterocycles. The molecule has 0 aliphatic carbocycles. The van der Waals surface area contributed by atoms with Crippen LogP contribution >= 0.6 is 0 Å². The molecule has 0 aliphatic heterocycles. The Bertz CT molecular complexity index is 352. The Labute approximate surface area is 98.3 Å². The van der Waals surface area contributed by atoms with E-state index in [-0.39, 0.29) is 0 Å². The van der Waals surface area contributed by atoms with E-state index in [1.54, 1.807) is 6.07 Å². The molecular weight excluding hydrogens is 196 g/mol. The van der Waals surface area contributed by atoms with Crippen LogP contribution in [0.15, 0.2) is 18.2 Å². The van der Waals surface area contributed by atoms with Gasteiger partial charge in [0, 0.05) is 5.69 Å². The first-order valence-corrected chi connectivity index (χ1v) is 6.15. The molecule has 0 fully saturated rings. The van der Waals surface area contributed by atoms with E-state index < -0.39 is 0 Å². The Morgan fingerprint density at radius 3 is 2.81 bits per heavy atom. The summed E-state index contributed by atoms with van der Waals surface area (Å²) in [5, 5.41) is 8.78. The average Bonchev–Trinajstić information content (AvgIpc) is 2.34. The van der Waals surface area contributed by atoms with E-state index in [1.807, 2.05) is 12.1 Å². The lowest BCUT2D eigenvalue weighted by Gasteiger charge is -2.10. The van der Waals surface area contributed by atoms with Gasteiger partial charge >= 0.3 is 0 Å². The minimum atomic E-state index is 0.463. The second-order valence-electron chi connectivity index (χ2n) is 4.31. The molecule has 0 spiro atoms. The first-order valence-electron chi connectivity index (χ1n) is 6.15. The van der Waals surface area contributed by atoms with Crippen LogP contribution in [0.25, 0.3) is 0 Å². The first kappa shape index (κ1) is 12.7. The quantitative estimate of drug-likeness (QED) is 0.673. The molecule has 86 valence electrons. The molecule has 0 amide bonds. The zero-order valence-corrected chi connectivity index (χ0v) is 10.2. The third-order valence-electron chi connectivity index (χ3n) is 2.88. The van der Waals surface area contributed by atoms with Gasteiger partial charge in [0.1, 0.15) is 11.8 Å². The topological polar surface area (TPSA) is 36.7 Å². The minimum absolute atomic E-state index is 0.463. The number of nitriles is 1. The van der Waals surface area contributed by atoms with Gasteiger partial charge in [0.2, 0.25) is 0 Å². The molecule has 0 N–H and O–H groups in total. The summed E-state index contributed by atoms with van der Waals surface area (Å²) < 4.78 is 0. The van der Waals surface area contributed by atoms with E-state index in [1.165, 1.54) is 32.1 Å². The van der Waals surface area contributed by atoms with E-state index in [9.17, 15) is 0 Å². The Morgan fingerprint density at radius 1 is 1.31 bits per heavy atom. The summed E-state index contributed by atoms with van der Waals surface area (Å²) in [7, 11) is 0. The number of hydrogen-bond donors (Lipinski definition) is 0. The summed E-state index contributed by atoms with van der Waals surface area (Å²) in [6.45, 7) is 4.41. The predicted octanol–water partition coefficient (Wildman–Crippen LogP) is 4.03. The molecule has 0 radical (unpaired) electrons. The van der Waals surface area contributed by atoms with Gasteiger partial charge in [-0.2, -0.15) is 5.26 Å². The van der Waals surface area contributed by atoms with Crippen molar-refractivity contribution >= 4 is 0 Å². The Morgan fingerprint density at radius 2 is 2.12 bits per heavy atom. The molecule has 1 atom stereocenters. The van der Waals surface area contributed by atoms with Crippen molar-refractivity contribution in [2.45, 2.75) is 51.9 Å². The summed E-state index contributed by atoms with van der Waals surface area (Å²) in [5.74, 6) is 0.463. The van der Waals surface area contributed by atoms with E-state index >= 15 is 0 Å². The van der Waals surface area contributed by atoms with Crippen LogP contribution in [0.3, 0.4) is 0 Å². The van der Waals surface area contributed by atoms with Gasteiger partial charge in [0.25, 0.3) is 0 Å². The maximum absolute atomic E-state index is 8.78. The summed E-state index contributed by atoms with van der Waals surface area (Å²) in [6, 6.07) is 7.78. The van der Waals surface area contributed by atoms with Crippen LogP contribution in [0.4, 0.5) is 0 Å². The summed E-state index contributed by atoms with van der Waals surface area (Å²) in [5.41, 5.74) is 1.58. The van der Waals surface area contributed by atoms with Crippen LogP contribution in [-0.4, -0.2) is 4.98 Å². The largest absolute Gasteiger partial charge is 0.242 e. The van der Waals surface area contributed by atoms with Crippen LogP contribution in [0.2, 0.25) is 0 Å². The fourth-order valence-electron chi connectivity index (χ4n) is 1.81. The number of pyridine rings is 1. The standard InChI is InChI=1S/C14H20N2/c1-3-4-5-6-8-12(2)14-10-7-9-13(11-15)16-14/h7,9-10,12H,3-6,8H2,1-2H3. The maximum atomic E-state index is 8.78. The molecule has 0 saturated heterocycles. The van der Waals surface area contributed by atoms with Crippen LogP contribution in [0.5, 0.6) is 0 Å². The Hall–Kier alpha value is -1.36.